The first kappa shape index (κ1) is 6.97. The van der Waals surface area contributed by atoms with Gasteiger partial charge in [0.1, 0.15) is 0 Å². The molecule has 2 amide bonds. The zero-order valence-electron chi connectivity index (χ0n) is 6.42. The van der Waals surface area contributed by atoms with Gasteiger partial charge in [-0.25, -0.2) is 4.79 Å². The Morgan fingerprint density at radius 2 is 2.25 bits per heavy atom. The minimum Gasteiger partial charge on any atom is -0.362 e. The minimum atomic E-state index is -0.151. The summed E-state index contributed by atoms with van der Waals surface area (Å²) in [6.45, 7) is 0.551. The summed E-state index contributed by atoms with van der Waals surface area (Å²) in [5.74, 6) is 0. The highest BCUT2D eigenvalue weighted by Crippen LogP contribution is 2.06. The van der Waals surface area contributed by atoms with Crippen LogP contribution in [0.5, 0.6) is 0 Å². The van der Waals surface area contributed by atoms with Gasteiger partial charge in [0.2, 0.25) is 0 Å². The average Bonchev–Trinajstić information content (AvgIpc) is 2.28. The second kappa shape index (κ2) is 2.73. The predicted octanol–water partition coefficient (Wildman–Crippen LogP) is 0.184. The highest BCUT2D eigenvalue weighted by molar-refractivity contribution is 5.78. The molecule has 4 heteroatoms. The van der Waals surface area contributed by atoms with Gasteiger partial charge in [-0.3, -0.25) is 0 Å². The van der Waals surface area contributed by atoms with Crippen LogP contribution in [0.25, 0.3) is 0 Å². The summed E-state index contributed by atoms with van der Waals surface area (Å²) in [6.07, 6.45) is 7.45. The third-order valence-corrected chi connectivity index (χ3v) is 1.73. The molecule has 2 aliphatic heterocycles. The van der Waals surface area contributed by atoms with E-state index in [1.54, 1.807) is 0 Å². The van der Waals surface area contributed by atoms with E-state index in [1.807, 2.05) is 24.4 Å². The molecule has 0 spiro atoms. The number of hydrogen-bond donors (Lipinski definition) is 3. The topological polar surface area (TPSA) is 53.2 Å². The van der Waals surface area contributed by atoms with Gasteiger partial charge in [0, 0.05) is 6.20 Å². The Morgan fingerprint density at radius 1 is 1.33 bits per heavy atom. The van der Waals surface area contributed by atoms with Crippen LogP contribution in [0.2, 0.25) is 0 Å². The lowest BCUT2D eigenvalue weighted by Gasteiger charge is -2.19. The van der Waals surface area contributed by atoms with Crippen molar-refractivity contribution in [2.45, 2.75) is 0 Å². The zero-order chi connectivity index (χ0) is 8.39. The molecule has 12 heavy (non-hydrogen) atoms. The smallest absolute Gasteiger partial charge is 0.319 e. The molecule has 0 aromatic rings. The molecule has 2 aliphatic rings. The van der Waals surface area contributed by atoms with Gasteiger partial charge < -0.3 is 16.0 Å². The molecule has 0 atom stereocenters. The summed E-state index contributed by atoms with van der Waals surface area (Å²) in [6, 6.07) is -0.151. The van der Waals surface area contributed by atoms with E-state index >= 15 is 0 Å². The maximum absolute atomic E-state index is 10.9. The minimum absolute atomic E-state index is 0.151. The van der Waals surface area contributed by atoms with Crippen LogP contribution in [0.15, 0.2) is 35.8 Å². The van der Waals surface area contributed by atoms with Crippen molar-refractivity contribution in [3.05, 3.63) is 35.8 Å². The van der Waals surface area contributed by atoms with E-state index in [-0.39, 0.29) is 6.03 Å². The maximum atomic E-state index is 10.9. The van der Waals surface area contributed by atoms with E-state index < -0.39 is 0 Å². The van der Waals surface area contributed by atoms with Crippen LogP contribution in [0.4, 0.5) is 4.79 Å². The summed E-state index contributed by atoms with van der Waals surface area (Å²) in [5.41, 5.74) is 1.82. The van der Waals surface area contributed by atoms with Crippen LogP contribution < -0.4 is 16.0 Å². The van der Waals surface area contributed by atoms with E-state index in [9.17, 15) is 4.79 Å². The number of amides is 2. The lowest BCUT2D eigenvalue weighted by Crippen LogP contribution is -2.43. The first-order chi connectivity index (χ1) is 5.86. The third-order valence-electron chi connectivity index (χ3n) is 1.73. The molecule has 0 fully saturated rings. The van der Waals surface area contributed by atoms with E-state index in [2.05, 4.69) is 16.0 Å². The Morgan fingerprint density at radius 3 is 3.17 bits per heavy atom. The molecule has 0 aliphatic carbocycles. The predicted molar refractivity (Wildman–Crippen MR) is 45.0 cm³/mol. The van der Waals surface area contributed by atoms with E-state index in [1.165, 1.54) is 0 Å². The normalized spacial score (nSPS) is 20.5. The first-order valence-corrected chi connectivity index (χ1v) is 3.74. The van der Waals surface area contributed by atoms with Crippen molar-refractivity contribution in [3.63, 3.8) is 0 Å². The van der Waals surface area contributed by atoms with Crippen molar-refractivity contribution < 1.29 is 4.79 Å². The van der Waals surface area contributed by atoms with Gasteiger partial charge >= 0.3 is 6.03 Å². The molecule has 0 saturated carbocycles. The van der Waals surface area contributed by atoms with Crippen molar-refractivity contribution in [2.75, 3.05) is 6.54 Å². The van der Waals surface area contributed by atoms with Crippen LogP contribution in [-0.2, 0) is 0 Å². The number of urea groups is 1. The Hall–Kier alpha value is -1.71. The van der Waals surface area contributed by atoms with Crippen molar-refractivity contribution in [1.29, 1.82) is 0 Å². The largest absolute Gasteiger partial charge is 0.362 e. The summed E-state index contributed by atoms with van der Waals surface area (Å²) < 4.78 is 0. The number of carbonyl (C=O) groups is 1. The summed E-state index contributed by atoms with van der Waals surface area (Å²) in [5, 5.41) is 8.43. The van der Waals surface area contributed by atoms with Crippen LogP contribution in [0.3, 0.4) is 0 Å². The number of carbonyl (C=O) groups excluding carboxylic acids is 1. The summed E-state index contributed by atoms with van der Waals surface area (Å²) in [7, 11) is 0. The molecule has 0 saturated heterocycles. The lowest BCUT2D eigenvalue weighted by atomic mass is 10.2. The molecule has 0 radical (unpaired) electrons. The first-order valence-electron chi connectivity index (χ1n) is 3.74. The Labute approximate surface area is 70.0 Å². The fourth-order valence-electron chi connectivity index (χ4n) is 1.13. The SMILES string of the molecule is O=C1NCC2=C(C=CC=CN2)N1. The van der Waals surface area contributed by atoms with Gasteiger partial charge in [0.05, 0.1) is 17.9 Å². The lowest BCUT2D eigenvalue weighted by molar-refractivity contribution is 0.242. The molecule has 3 N–H and O–H groups in total. The van der Waals surface area contributed by atoms with E-state index in [4.69, 9.17) is 0 Å². The second-order valence-electron chi connectivity index (χ2n) is 2.56. The van der Waals surface area contributed by atoms with Gasteiger partial charge in [-0.15, -0.1) is 0 Å². The monoisotopic (exact) mass is 163 g/mol. The second-order valence-corrected chi connectivity index (χ2v) is 2.56. The Bertz CT molecular complexity index is 301. The highest BCUT2D eigenvalue weighted by atomic mass is 16.2. The fourth-order valence-corrected chi connectivity index (χ4v) is 1.13. The summed E-state index contributed by atoms with van der Waals surface area (Å²) in [4.78, 5) is 10.9. The van der Waals surface area contributed by atoms with Crippen molar-refractivity contribution >= 4 is 6.03 Å². The molecule has 0 unspecified atom stereocenters. The van der Waals surface area contributed by atoms with Crippen molar-refractivity contribution in [1.82, 2.24) is 16.0 Å². The van der Waals surface area contributed by atoms with Crippen LogP contribution in [-0.4, -0.2) is 12.6 Å². The quantitative estimate of drug-likeness (QED) is 0.477. The van der Waals surface area contributed by atoms with E-state index in [0.29, 0.717) is 6.54 Å². The molecule has 0 aromatic carbocycles. The zero-order valence-corrected chi connectivity index (χ0v) is 6.42. The maximum Gasteiger partial charge on any atom is 0.319 e. The van der Waals surface area contributed by atoms with Gasteiger partial charge in [-0.05, 0) is 12.2 Å². The fraction of sp³-hybridized carbons (Fsp3) is 0.125. The molecule has 2 rings (SSSR count). The Kier molecular flexibility index (Phi) is 1.59. The molecule has 2 heterocycles. The van der Waals surface area contributed by atoms with Gasteiger partial charge in [-0.2, -0.15) is 0 Å². The number of rotatable bonds is 0. The Balaban J connectivity index is 2.29. The molecule has 0 aromatic heterocycles. The summed E-state index contributed by atoms with van der Waals surface area (Å²) >= 11 is 0. The molecular weight excluding hydrogens is 154 g/mol. The molecule has 4 nitrogen and oxygen atoms in total. The highest BCUT2D eigenvalue weighted by Gasteiger charge is 2.14. The molecule has 62 valence electrons. The third kappa shape index (κ3) is 1.18. The van der Waals surface area contributed by atoms with Gasteiger partial charge in [0.15, 0.2) is 0 Å². The molecule has 0 bridgehead atoms. The van der Waals surface area contributed by atoms with Crippen LogP contribution in [0.1, 0.15) is 0 Å². The van der Waals surface area contributed by atoms with Crippen LogP contribution >= 0.6 is 0 Å². The van der Waals surface area contributed by atoms with Gasteiger partial charge in [-0.1, -0.05) is 6.08 Å². The van der Waals surface area contributed by atoms with Crippen molar-refractivity contribution in [2.24, 2.45) is 0 Å². The number of allylic oxidation sites excluding steroid dienone is 3. The molecular formula is C8H9N3O. The number of hydrogen-bond acceptors (Lipinski definition) is 2. The number of nitrogens with one attached hydrogen (secondary N) is 3. The van der Waals surface area contributed by atoms with Crippen LogP contribution in [0, 0.1) is 0 Å². The standard InChI is InChI=1S/C8H9N3O/c12-8-10-5-7-6(11-8)3-1-2-4-9-7/h1-4,9H,5H2,(H2,10,11,12). The average molecular weight is 163 g/mol. The van der Waals surface area contributed by atoms with Crippen molar-refractivity contribution in [3.8, 4) is 0 Å². The van der Waals surface area contributed by atoms with E-state index in [0.717, 1.165) is 11.4 Å². The van der Waals surface area contributed by atoms with Gasteiger partial charge in [0.25, 0.3) is 0 Å².